The maximum Gasteiger partial charge on any atom is 0.0587 e. The lowest BCUT2D eigenvalue weighted by Crippen LogP contribution is -2.42. The molecule has 2 atom stereocenters. The van der Waals surface area contributed by atoms with Crippen LogP contribution < -0.4 is 5.32 Å². The monoisotopic (exact) mass is 225 g/mol. The van der Waals surface area contributed by atoms with Gasteiger partial charge in [0.05, 0.1) is 6.10 Å². The Labute approximate surface area is 100 Å². The Kier molecular flexibility index (Phi) is 4.26. The van der Waals surface area contributed by atoms with Crippen LogP contribution in [0.1, 0.15) is 58.8 Å². The molecule has 2 fully saturated rings. The van der Waals surface area contributed by atoms with Crippen molar-refractivity contribution >= 4 is 0 Å². The topological polar surface area (TPSA) is 21.3 Å². The number of hydrogen-bond acceptors (Lipinski definition) is 2. The molecule has 0 bridgehead atoms. The van der Waals surface area contributed by atoms with E-state index < -0.39 is 0 Å². The molecular weight excluding hydrogens is 198 g/mol. The van der Waals surface area contributed by atoms with Crippen molar-refractivity contribution in [2.45, 2.75) is 70.9 Å². The van der Waals surface area contributed by atoms with Crippen molar-refractivity contribution in [2.75, 3.05) is 13.2 Å². The normalized spacial score (nSPS) is 34.1. The zero-order valence-corrected chi connectivity index (χ0v) is 10.9. The van der Waals surface area contributed by atoms with Crippen LogP contribution in [0.15, 0.2) is 0 Å². The van der Waals surface area contributed by atoms with Crippen LogP contribution in [0.5, 0.6) is 0 Å². The van der Waals surface area contributed by atoms with Gasteiger partial charge in [0.2, 0.25) is 0 Å². The molecule has 16 heavy (non-hydrogen) atoms. The maximum absolute atomic E-state index is 5.71. The molecule has 1 aliphatic carbocycles. The van der Waals surface area contributed by atoms with Gasteiger partial charge in [0.25, 0.3) is 0 Å². The predicted octanol–water partition coefficient (Wildman–Crippen LogP) is 3.11. The minimum Gasteiger partial charge on any atom is -0.378 e. The molecule has 0 aromatic carbocycles. The second-order valence-electron chi connectivity index (χ2n) is 6.02. The fraction of sp³-hybridized carbons (Fsp3) is 1.00. The summed E-state index contributed by atoms with van der Waals surface area (Å²) in [5.41, 5.74) is 0.583. The summed E-state index contributed by atoms with van der Waals surface area (Å²) in [5, 5.41) is 3.79. The molecule has 94 valence electrons. The molecule has 0 amide bonds. The Morgan fingerprint density at radius 3 is 2.75 bits per heavy atom. The van der Waals surface area contributed by atoms with Crippen molar-refractivity contribution in [3.63, 3.8) is 0 Å². The second kappa shape index (κ2) is 5.50. The zero-order chi connectivity index (χ0) is 11.4. The van der Waals surface area contributed by atoms with Gasteiger partial charge in [0, 0.05) is 19.2 Å². The smallest absolute Gasteiger partial charge is 0.0587 e. The highest BCUT2D eigenvalue weighted by molar-refractivity contribution is 4.85. The van der Waals surface area contributed by atoms with Crippen LogP contribution in [-0.4, -0.2) is 25.3 Å². The van der Waals surface area contributed by atoms with Crippen molar-refractivity contribution in [3.05, 3.63) is 0 Å². The number of nitrogens with one attached hydrogen (secondary N) is 1. The van der Waals surface area contributed by atoms with Gasteiger partial charge in [0.15, 0.2) is 0 Å². The molecular formula is C14H27NO. The lowest BCUT2D eigenvalue weighted by molar-refractivity contribution is -0.00161. The first-order valence-corrected chi connectivity index (χ1v) is 7.07. The van der Waals surface area contributed by atoms with Crippen LogP contribution in [0.25, 0.3) is 0 Å². The first-order valence-electron chi connectivity index (χ1n) is 7.07. The summed E-state index contributed by atoms with van der Waals surface area (Å²) in [6.07, 6.45) is 9.78. The molecule has 0 aromatic heterocycles. The van der Waals surface area contributed by atoms with Crippen LogP contribution >= 0.6 is 0 Å². The van der Waals surface area contributed by atoms with Gasteiger partial charge in [0.1, 0.15) is 0 Å². The molecule has 2 heteroatoms. The average Bonchev–Trinajstić information content (AvgIpc) is 2.75. The molecule has 0 spiro atoms. The summed E-state index contributed by atoms with van der Waals surface area (Å²) in [6, 6.07) is 0.705. The van der Waals surface area contributed by atoms with E-state index in [9.17, 15) is 0 Å². The molecule has 1 saturated heterocycles. The largest absolute Gasteiger partial charge is 0.378 e. The van der Waals surface area contributed by atoms with Gasteiger partial charge in [-0.05, 0) is 37.5 Å². The first-order chi connectivity index (χ1) is 7.72. The highest BCUT2D eigenvalue weighted by Crippen LogP contribution is 2.37. The van der Waals surface area contributed by atoms with Gasteiger partial charge in [-0.2, -0.15) is 0 Å². The predicted molar refractivity (Wildman–Crippen MR) is 67.6 cm³/mol. The molecule has 1 heterocycles. The minimum absolute atomic E-state index is 0.502. The molecule has 1 saturated carbocycles. The van der Waals surface area contributed by atoms with Gasteiger partial charge >= 0.3 is 0 Å². The van der Waals surface area contributed by atoms with E-state index >= 15 is 0 Å². The van der Waals surface area contributed by atoms with Crippen LogP contribution in [0.3, 0.4) is 0 Å². The quantitative estimate of drug-likeness (QED) is 0.794. The molecule has 2 nitrogen and oxygen atoms in total. The van der Waals surface area contributed by atoms with E-state index in [1.807, 2.05) is 0 Å². The molecule has 1 aliphatic heterocycles. The van der Waals surface area contributed by atoms with Gasteiger partial charge in [-0.3, -0.25) is 0 Å². The average molecular weight is 225 g/mol. The molecule has 1 N–H and O–H groups in total. The van der Waals surface area contributed by atoms with E-state index in [1.54, 1.807) is 0 Å². The summed E-state index contributed by atoms with van der Waals surface area (Å²) >= 11 is 0. The molecule has 2 unspecified atom stereocenters. The van der Waals surface area contributed by atoms with Crippen molar-refractivity contribution in [1.29, 1.82) is 0 Å². The van der Waals surface area contributed by atoms with E-state index in [0.29, 0.717) is 17.6 Å². The highest BCUT2D eigenvalue weighted by atomic mass is 16.5. The lowest BCUT2D eigenvalue weighted by atomic mass is 9.88. The lowest BCUT2D eigenvalue weighted by Gasteiger charge is -2.33. The second-order valence-corrected chi connectivity index (χ2v) is 6.02. The maximum atomic E-state index is 5.71. The van der Waals surface area contributed by atoms with Crippen LogP contribution in [0, 0.1) is 5.41 Å². The van der Waals surface area contributed by atoms with Gasteiger partial charge in [-0.1, -0.05) is 26.7 Å². The van der Waals surface area contributed by atoms with Crippen LogP contribution in [-0.2, 0) is 4.74 Å². The Balaban J connectivity index is 1.72. The highest BCUT2D eigenvalue weighted by Gasteiger charge is 2.30. The third-order valence-electron chi connectivity index (χ3n) is 4.45. The van der Waals surface area contributed by atoms with Gasteiger partial charge in [-0.15, -0.1) is 0 Å². The van der Waals surface area contributed by atoms with Crippen molar-refractivity contribution < 1.29 is 4.74 Å². The van der Waals surface area contributed by atoms with Crippen molar-refractivity contribution in [2.24, 2.45) is 5.41 Å². The molecule has 2 rings (SSSR count). The number of hydrogen-bond donors (Lipinski definition) is 1. The fourth-order valence-electron chi connectivity index (χ4n) is 3.15. The summed E-state index contributed by atoms with van der Waals surface area (Å²) in [6.45, 7) is 6.84. The zero-order valence-electron chi connectivity index (χ0n) is 10.9. The van der Waals surface area contributed by atoms with E-state index in [2.05, 4.69) is 19.2 Å². The SMILES string of the molecule is CCC1CC(NCC2(C)CCCC2)CCO1. The van der Waals surface area contributed by atoms with E-state index in [-0.39, 0.29) is 0 Å². The number of rotatable bonds is 4. The summed E-state index contributed by atoms with van der Waals surface area (Å²) in [4.78, 5) is 0. The molecule has 0 radical (unpaired) electrons. The Bertz CT molecular complexity index is 211. The Morgan fingerprint density at radius 2 is 2.06 bits per heavy atom. The van der Waals surface area contributed by atoms with Gasteiger partial charge in [-0.25, -0.2) is 0 Å². The first kappa shape index (κ1) is 12.4. The number of ether oxygens (including phenoxy) is 1. The van der Waals surface area contributed by atoms with Crippen LogP contribution in [0.2, 0.25) is 0 Å². The van der Waals surface area contributed by atoms with Crippen LogP contribution in [0.4, 0.5) is 0 Å². The minimum atomic E-state index is 0.502. The third kappa shape index (κ3) is 3.21. The van der Waals surface area contributed by atoms with Crippen molar-refractivity contribution in [1.82, 2.24) is 5.32 Å². The Morgan fingerprint density at radius 1 is 1.31 bits per heavy atom. The summed E-state index contributed by atoms with van der Waals surface area (Å²) in [5.74, 6) is 0. The molecule has 2 aliphatic rings. The fourth-order valence-corrected chi connectivity index (χ4v) is 3.15. The van der Waals surface area contributed by atoms with E-state index in [4.69, 9.17) is 4.74 Å². The third-order valence-corrected chi connectivity index (χ3v) is 4.45. The van der Waals surface area contributed by atoms with E-state index in [1.165, 1.54) is 45.1 Å². The molecule has 0 aromatic rings. The van der Waals surface area contributed by atoms with E-state index in [0.717, 1.165) is 13.0 Å². The van der Waals surface area contributed by atoms with Crippen molar-refractivity contribution in [3.8, 4) is 0 Å². The summed E-state index contributed by atoms with van der Waals surface area (Å²) in [7, 11) is 0. The standard InChI is InChI=1S/C14H27NO/c1-3-13-10-12(6-9-16-13)15-11-14(2)7-4-5-8-14/h12-13,15H,3-11H2,1-2H3. The Hall–Kier alpha value is -0.0800. The van der Waals surface area contributed by atoms with Gasteiger partial charge < -0.3 is 10.1 Å². The summed E-state index contributed by atoms with van der Waals surface area (Å²) < 4.78 is 5.71.